The Balaban J connectivity index is 1.67. The maximum Gasteiger partial charge on any atom is 0.234 e. The number of carbonyl (C=O) groups excluding carboxylic acids is 1. The Morgan fingerprint density at radius 1 is 1.22 bits per heavy atom. The van der Waals surface area contributed by atoms with Crippen molar-refractivity contribution in [2.45, 2.75) is 70.1 Å². The van der Waals surface area contributed by atoms with Gasteiger partial charge in [0.2, 0.25) is 5.91 Å². The van der Waals surface area contributed by atoms with Gasteiger partial charge >= 0.3 is 0 Å². The topological polar surface area (TPSA) is 50.4 Å². The van der Waals surface area contributed by atoms with Crippen molar-refractivity contribution in [1.29, 1.82) is 0 Å². The molecule has 2 fully saturated rings. The minimum atomic E-state index is -0.102. The molecule has 0 aromatic carbocycles. The van der Waals surface area contributed by atoms with Crippen LogP contribution in [-0.2, 0) is 9.53 Å². The maximum atomic E-state index is 11.9. The molecule has 1 saturated carbocycles. The van der Waals surface area contributed by atoms with E-state index in [4.69, 9.17) is 4.74 Å². The largest absolute Gasteiger partial charge is 0.375 e. The van der Waals surface area contributed by atoms with E-state index < -0.39 is 0 Å². The lowest BCUT2D eigenvalue weighted by atomic mass is 9.94. The molecule has 1 amide bonds. The van der Waals surface area contributed by atoms with E-state index in [9.17, 15) is 4.79 Å². The second-order valence-electron chi connectivity index (χ2n) is 6.23. The number of ether oxygens (including phenoxy) is 1. The molecule has 0 bridgehead atoms. The second-order valence-corrected chi connectivity index (χ2v) is 6.23. The van der Waals surface area contributed by atoms with Crippen molar-refractivity contribution in [3.8, 4) is 0 Å². The number of rotatable bonds is 4. The van der Waals surface area contributed by atoms with Gasteiger partial charge in [-0.1, -0.05) is 12.8 Å². The Kier molecular flexibility index (Phi) is 4.62. The maximum absolute atomic E-state index is 11.9. The molecule has 0 aromatic rings. The summed E-state index contributed by atoms with van der Waals surface area (Å²) in [6.07, 6.45) is 6.87. The predicted octanol–water partition coefficient (Wildman–Crippen LogP) is 1.59. The van der Waals surface area contributed by atoms with Crippen LogP contribution in [0, 0.1) is 0 Å². The number of nitrogens with one attached hydrogen (secondary N) is 2. The highest BCUT2D eigenvalue weighted by Gasteiger charge is 2.29. The summed E-state index contributed by atoms with van der Waals surface area (Å²) < 4.78 is 5.65. The first-order chi connectivity index (χ1) is 8.55. The second kappa shape index (κ2) is 6.02. The molecule has 2 aliphatic rings. The Morgan fingerprint density at radius 2 is 1.94 bits per heavy atom. The summed E-state index contributed by atoms with van der Waals surface area (Å²) in [7, 11) is 0. The number of carbonyl (C=O) groups is 1. The standard InChI is InChI=1S/C14H26N2O2/c1-14(2)9-12(7-8-18-14)16-13(17)10-15-11-5-3-4-6-11/h11-12,15H,3-10H2,1-2H3,(H,16,17). The van der Waals surface area contributed by atoms with Crippen LogP contribution in [0.4, 0.5) is 0 Å². The molecule has 1 heterocycles. The van der Waals surface area contributed by atoms with Gasteiger partial charge in [0.05, 0.1) is 12.1 Å². The summed E-state index contributed by atoms with van der Waals surface area (Å²) >= 11 is 0. The summed E-state index contributed by atoms with van der Waals surface area (Å²) in [5.41, 5.74) is -0.102. The third kappa shape index (κ3) is 4.25. The summed E-state index contributed by atoms with van der Waals surface area (Å²) in [5.74, 6) is 0.129. The average Bonchev–Trinajstić information content (AvgIpc) is 2.77. The van der Waals surface area contributed by atoms with Crippen molar-refractivity contribution in [3.05, 3.63) is 0 Å². The number of hydrogen-bond acceptors (Lipinski definition) is 3. The van der Waals surface area contributed by atoms with Gasteiger partial charge in [0, 0.05) is 18.7 Å². The van der Waals surface area contributed by atoms with Crippen LogP contribution in [0.25, 0.3) is 0 Å². The van der Waals surface area contributed by atoms with Gasteiger partial charge in [-0.2, -0.15) is 0 Å². The van der Waals surface area contributed by atoms with Crippen LogP contribution in [0.5, 0.6) is 0 Å². The Hall–Kier alpha value is -0.610. The molecule has 0 aromatic heterocycles. The first-order valence-corrected chi connectivity index (χ1v) is 7.22. The third-order valence-corrected chi connectivity index (χ3v) is 3.97. The van der Waals surface area contributed by atoms with Crippen molar-refractivity contribution in [2.24, 2.45) is 0 Å². The summed E-state index contributed by atoms with van der Waals surface area (Å²) in [6.45, 7) is 5.38. The molecule has 4 heteroatoms. The van der Waals surface area contributed by atoms with E-state index in [2.05, 4.69) is 24.5 Å². The fourth-order valence-electron chi connectivity index (χ4n) is 3.00. The minimum Gasteiger partial charge on any atom is -0.375 e. The lowest BCUT2D eigenvalue weighted by Crippen LogP contribution is -2.48. The van der Waals surface area contributed by atoms with E-state index in [-0.39, 0.29) is 17.6 Å². The van der Waals surface area contributed by atoms with Crippen LogP contribution in [-0.4, -0.2) is 36.7 Å². The van der Waals surface area contributed by atoms with E-state index in [1.807, 2.05) is 0 Å². The monoisotopic (exact) mass is 254 g/mol. The average molecular weight is 254 g/mol. The molecule has 0 spiro atoms. The fourth-order valence-corrected chi connectivity index (χ4v) is 3.00. The van der Waals surface area contributed by atoms with Gasteiger partial charge in [-0.05, 0) is 39.5 Å². The Bertz CT molecular complexity index is 286. The molecule has 1 unspecified atom stereocenters. The highest BCUT2D eigenvalue weighted by atomic mass is 16.5. The minimum absolute atomic E-state index is 0.102. The summed E-state index contributed by atoms with van der Waals surface area (Å²) in [4.78, 5) is 11.9. The predicted molar refractivity (Wildman–Crippen MR) is 71.5 cm³/mol. The smallest absolute Gasteiger partial charge is 0.234 e. The van der Waals surface area contributed by atoms with Gasteiger partial charge in [0.25, 0.3) is 0 Å². The molecule has 1 atom stereocenters. The van der Waals surface area contributed by atoms with E-state index in [1.165, 1.54) is 25.7 Å². The molecule has 1 aliphatic heterocycles. The zero-order chi connectivity index (χ0) is 13.0. The molecule has 1 aliphatic carbocycles. The molecule has 2 N–H and O–H groups in total. The van der Waals surface area contributed by atoms with E-state index in [1.54, 1.807) is 0 Å². The molecule has 0 radical (unpaired) electrons. The number of amides is 1. The lowest BCUT2D eigenvalue weighted by molar-refractivity contribution is -0.123. The zero-order valence-corrected chi connectivity index (χ0v) is 11.6. The van der Waals surface area contributed by atoms with Crippen LogP contribution >= 0.6 is 0 Å². The Morgan fingerprint density at radius 3 is 2.61 bits per heavy atom. The molecule has 2 rings (SSSR count). The molecular weight excluding hydrogens is 228 g/mol. The van der Waals surface area contributed by atoms with E-state index in [0.29, 0.717) is 12.6 Å². The van der Waals surface area contributed by atoms with E-state index in [0.717, 1.165) is 19.4 Å². The molecular formula is C14H26N2O2. The van der Waals surface area contributed by atoms with Gasteiger partial charge in [0.1, 0.15) is 0 Å². The third-order valence-electron chi connectivity index (χ3n) is 3.97. The lowest BCUT2D eigenvalue weighted by Gasteiger charge is -2.35. The summed E-state index contributed by atoms with van der Waals surface area (Å²) in [6, 6.07) is 0.827. The Labute approximate surface area is 110 Å². The van der Waals surface area contributed by atoms with Crippen LogP contribution in [0.15, 0.2) is 0 Å². The van der Waals surface area contributed by atoms with Crippen LogP contribution in [0.1, 0.15) is 52.4 Å². The van der Waals surface area contributed by atoms with Gasteiger partial charge in [-0.3, -0.25) is 4.79 Å². The van der Waals surface area contributed by atoms with Crippen LogP contribution in [0.3, 0.4) is 0 Å². The van der Waals surface area contributed by atoms with Crippen molar-refractivity contribution in [3.63, 3.8) is 0 Å². The molecule has 104 valence electrons. The highest BCUT2D eigenvalue weighted by molar-refractivity contribution is 5.78. The molecule has 18 heavy (non-hydrogen) atoms. The van der Waals surface area contributed by atoms with Gasteiger partial charge in [-0.25, -0.2) is 0 Å². The number of hydrogen-bond donors (Lipinski definition) is 2. The zero-order valence-electron chi connectivity index (χ0n) is 11.6. The van der Waals surface area contributed by atoms with Gasteiger partial charge < -0.3 is 15.4 Å². The van der Waals surface area contributed by atoms with Crippen molar-refractivity contribution >= 4 is 5.91 Å². The van der Waals surface area contributed by atoms with Crippen molar-refractivity contribution in [1.82, 2.24) is 10.6 Å². The highest BCUT2D eigenvalue weighted by Crippen LogP contribution is 2.23. The fraction of sp³-hybridized carbons (Fsp3) is 0.929. The van der Waals surface area contributed by atoms with Gasteiger partial charge in [0.15, 0.2) is 0 Å². The van der Waals surface area contributed by atoms with Crippen LogP contribution in [0.2, 0.25) is 0 Å². The van der Waals surface area contributed by atoms with Gasteiger partial charge in [-0.15, -0.1) is 0 Å². The van der Waals surface area contributed by atoms with Crippen molar-refractivity contribution in [2.75, 3.05) is 13.2 Å². The van der Waals surface area contributed by atoms with Crippen molar-refractivity contribution < 1.29 is 9.53 Å². The SMILES string of the molecule is CC1(C)CC(NC(=O)CNC2CCCC2)CCO1. The van der Waals surface area contributed by atoms with E-state index >= 15 is 0 Å². The normalized spacial score (nSPS) is 28.2. The quantitative estimate of drug-likeness (QED) is 0.801. The first kappa shape index (κ1) is 13.8. The first-order valence-electron chi connectivity index (χ1n) is 7.22. The van der Waals surface area contributed by atoms with Crippen LogP contribution < -0.4 is 10.6 Å². The summed E-state index contributed by atoms with van der Waals surface area (Å²) in [5, 5.41) is 6.47. The molecule has 1 saturated heterocycles. The molecule has 4 nitrogen and oxygen atoms in total.